The first-order valence-corrected chi connectivity index (χ1v) is 10.4. The Morgan fingerprint density at radius 3 is 2.73 bits per heavy atom. The molecule has 2 heterocycles. The highest BCUT2D eigenvalue weighted by Gasteiger charge is 2.31. The van der Waals surface area contributed by atoms with E-state index in [1.54, 1.807) is 17.2 Å². The van der Waals surface area contributed by atoms with E-state index in [-0.39, 0.29) is 23.9 Å². The molecule has 4 rings (SSSR count). The lowest BCUT2D eigenvalue weighted by molar-refractivity contribution is -0.121. The Morgan fingerprint density at radius 1 is 1.20 bits per heavy atom. The molecule has 2 N–H and O–H groups in total. The average Bonchev–Trinajstić information content (AvgIpc) is 3.39. The number of nitrogens with one attached hydrogen (secondary N) is 2. The van der Waals surface area contributed by atoms with Gasteiger partial charge in [-0.3, -0.25) is 19.7 Å². The third-order valence-corrected chi connectivity index (χ3v) is 6.02. The van der Waals surface area contributed by atoms with Gasteiger partial charge in [0, 0.05) is 48.4 Å². The fourth-order valence-corrected chi connectivity index (χ4v) is 4.13. The summed E-state index contributed by atoms with van der Waals surface area (Å²) in [7, 11) is 1.82. The first-order chi connectivity index (χ1) is 14.5. The van der Waals surface area contributed by atoms with Crippen molar-refractivity contribution in [3.8, 4) is 11.1 Å². The summed E-state index contributed by atoms with van der Waals surface area (Å²) >= 11 is 0. The number of nitrogens with zero attached hydrogens (tertiary/aromatic N) is 3. The van der Waals surface area contributed by atoms with Crippen LogP contribution in [-0.2, 0) is 4.79 Å². The van der Waals surface area contributed by atoms with Crippen molar-refractivity contribution in [2.24, 2.45) is 0 Å². The van der Waals surface area contributed by atoms with Crippen molar-refractivity contribution in [2.45, 2.75) is 51.6 Å². The summed E-state index contributed by atoms with van der Waals surface area (Å²) in [6.45, 7) is 3.84. The molecule has 0 spiro atoms. The second kappa shape index (κ2) is 8.26. The quantitative estimate of drug-likeness (QED) is 0.680. The Kier molecular flexibility index (Phi) is 5.53. The molecular formula is C23H27N5O2. The number of hydrogen-bond donors (Lipinski definition) is 2. The van der Waals surface area contributed by atoms with Gasteiger partial charge >= 0.3 is 0 Å². The van der Waals surface area contributed by atoms with Gasteiger partial charge in [0.05, 0.1) is 5.52 Å². The molecule has 30 heavy (non-hydrogen) atoms. The molecule has 156 valence electrons. The summed E-state index contributed by atoms with van der Waals surface area (Å²) < 4.78 is 0. The van der Waals surface area contributed by atoms with Crippen LogP contribution >= 0.6 is 0 Å². The van der Waals surface area contributed by atoms with Crippen LogP contribution in [0.1, 0.15) is 48.8 Å². The summed E-state index contributed by atoms with van der Waals surface area (Å²) in [5.41, 5.74) is 4.39. The molecule has 0 unspecified atom stereocenters. The molecular weight excluding hydrogens is 378 g/mol. The van der Waals surface area contributed by atoms with Crippen molar-refractivity contribution in [2.75, 3.05) is 7.05 Å². The van der Waals surface area contributed by atoms with Crippen LogP contribution in [0.15, 0.2) is 36.5 Å². The SMILES string of the molecule is CCC(=O)N[C@H]1CC[C@@H](N(C)C(=O)c2ccc(-c3ccc4n[nH]c(C)c4c3)cn2)C1. The predicted molar refractivity (Wildman–Crippen MR) is 116 cm³/mol. The molecule has 3 aromatic rings. The molecule has 0 bridgehead atoms. The van der Waals surface area contributed by atoms with Crippen molar-refractivity contribution in [3.63, 3.8) is 0 Å². The topological polar surface area (TPSA) is 91.0 Å². The largest absolute Gasteiger partial charge is 0.353 e. The molecule has 1 aliphatic carbocycles. The monoisotopic (exact) mass is 405 g/mol. The highest BCUT2D eigenvalue weighted by Crippen LogP contribution is 2.26. The number of carbonyl (C=O) groups excluding carboxylic acids is 2. The first kappa shape index (κ1) is 20.1. The van der Waals surface area contributed by atoms with Gasteiger partial charge in [0.25, 0.3) is 5.91 Å². The van der Waals surface area contributed by atoms with E-state index in [2.05, 4.69) is 26.6 Å². The van der Waals surface area contributed by atoms with Crippen LogP contribution in [0.25, 0.3) is 22.0 Å². The predicted octanol–water partition coefficient (Wildman–Crippen LogP) is 3.45. The van der Waals surface area contributed by atoms with Gasteiger partial charge in [0.2, 0.25) is 5.91 Å². The third kappa shape index (κ3) is 3.92. The van der Waals surface area contributed by atoms with Crippen molar-refractivity contribution < 1.29 is 9.59 Å². The maximum atomic E-state index is 12.9. The van der Waals surface area contributed by atoms with Crippen LogP contribution in [0.3, 0.4) is 0 Å². The van der Waals surface area contributed by atoms with E-state index in [9.17, 15) is 9.59 Å². The molecule has 2 aromatic heterocycles. The van der Waals surface area contributed by atoms with Crippen molar-refractivity contribution >= 4 is 22.7 Å². The third-order valence-electron chi connectivity index (χ3n) is 6.02. The fraction of sp³-hybridized carbons (Fsp3) is 0.391. The van der Waals surface area contributed by atoms with E-state index in [4.69, 9.17) is 0 Å². The molecule has 0 aliphatic heterocycles. The lowest BCUT2D eigenvalue weighted by atomic mass is 10.0. The van der Waals surface area contributed by atoms with Crippen molar-refractivity contribution in [3.05, 3.63) is 47.9 Å². The zero-order valence-electron chi connectivity index (χ0n) is 17.6. The normalized spacial score (nSPS) is 18.5. The Hall–Kier alpha value is -3.22. The molecule has 2 atom stereocenters. The Morgan fingerprint density at radius 2 is 2.00 bits per heavy atom. The summed E-state index contributed by atoms with van der Waals surface area (Å²) in [5.74, 6) is -0.0224. The van der Waals surface area contributed by atoms with Gasteiger partial charge in [-0.05, 0) is 49.9 Å². The summed E-state index contributed by atoms with van der Waals surface area (Å²) in [5, 5.41) is 11.4. The van der Waals surface area contributed by atoms with Crippen LogP contribution < -0.4 is 5.32 Å². The number of fused-ring (bicyclic) bond motifs is 1. The van der Waals surface area contributed by atoms with Gasteiger partial charge in [-0.15, -0.1) is 0 Å². The molecule has 7 heteroatoms. The maximum absolute atomic E-state index is 12.9. The van der Waals surface area contributed by atoms with E-state index in [0.29, 0.717) is 12.1 Å². The van der Waals surface area contributed by atoms with Crippen LogP contribution in [0.2, 0.25) is 0 Å². The molecule has 1 aromatic carbocycles. The number of aromatic amines is 1. The molecule has 1 aliphatic rings. The minimum atomic E-state index is -0.0878. The number of H-pyrrole nitrogens is 1. The van der Waals surface area contributed by atoms with Gasteiger partial charge < -0.3 is 10.2 Å². The van der Waals surface area contributed by atoms with E-state index in [0.717, 1.165) is 47.0 Å². The van der Waals surface area contributed by atoms with E-state index in [1.165, 1.54) is 0 Å². The molecule has 2 amide bonds. The fourth-order valence-electron chi connectivity index (χ4n) is 4.13. The lowest BCUT2D eigenvalue weighted by Gasteiger charge is -2.24. The van der Waals surface area contributed by atoms with Crippen LogP contribution in [0, 0.1) is 6.92 Å². The Balaban J connectivity index is 1.44. The van der Waals surface area contributed by atoms with Crippen LogP contribution in [0.4, 0.5) is 0 Å². The summed E-state index contributed by atoms with van der Waals surface area (Å²) in [6.07, 6.45) is 4.81. The van der Waals surface area contributed by atoms with Gasteiger partial charge in [-0.2, -0.15) is 5.10 Å². The van der Waals surface area contributed by atoms with Crippen molar-refractivity contribution in [1.82, 2.24) is 25.4 Å². The Bertz CT molecular complexity index is 1070. The molecule has 1 saturated carbocycles. The van der Waals surface area contributed by atoms with Crippen LogP contribution in [0.5, 0.6) is 0 Å². The molecule has 0 radical (unpaired) electrons. The first-order valence-electron chi connectivity index (χ1n) is 10.4. The second-order valence-corrected chi connectivity index (χ2v) is 8.01. The lowest BCUT2D eigenvalue weighted by Crippen LogP contribution is -2.38. The van der Waals surface area contributed by atoms with E-state index in [1.807, 2.05) is 39.1 Å². The number of rotatable bonds is 5. The van der Waals surface area contributed by atoms with E-state index >= 15 is 0 Å². The number of carbonyl (C=O) groups is 2. The zero-order valence-corrected chi connectivity index (χ0v) is 17.6. The standard InChI is InChI=1S/C23H27N5O2/c1-4-22(29)25-17-7-8-18(12-17)28(3)23(30)21-10-6-16(13-24-21)15-5-9-20-19(11-15)14(2)26-27-20/h5-6,9-11,13,17-18H,4,7-8,12H2,1-3H3,(H,25,29)(H,26,27)/t17-,18+/m0/s1. The van der Waals surface area contributed by atoms with Gasteiger partial charge in [-0.25, -0.2) is 0 Å². The van der Waals surface area contributed by atoms with Gasteiger partial charge in [0.15, 0.2) is 0 Å². The second-order valence-electron chi connectivity index (χ2n) is 8.01. The summed E-state index contributed by atoms with van der Waals surface area (Å²) in [6, 6.07) is 10.1. The smallest absolute Gasteiger partial charge is 0.272 e. The number of pyridine rings is 1. The minimum Gasteiger partial charge on any atom is -0.353 e. The summed E-state index contributed by atoms with van der Waals surface area (Å²) in [4.78, 5) is 30.7. The number of aryl methyl sites for hydroxylation is 1. The molecule has 1 fully saturated rings. The van der Waals surface area contributed by atoms with Crippen LogP contribution in [-0.4, -0.2) is 51.0 Å². The number of amides is 2. The van der Waals surface area contributed by atoms with E-state index < -0.39 is 0 Å². The number of hydrogen-bond acceptors (Lipinski definition) is 4. The molecule has 7 nitrogen and oxygen atoms in total. The number of benzene rings is 1. The minimum absolute atomic E-state index is 0.0655. The maximum Gasteiger partial charge on any atom is 0.272 e. The highest BCUT2D eigenvalue weighted by atomic mass is 16.2. The molecule has 0 saturated heterocycles. The zero-order chi connectivity index (χ0) is 21.3. The van der Waals surface area contributed by atoms with Crippen molar-refractivity contribution in [1.29, 1.82) is 0 Å². The highest BCUT2D eigenvalue weighted by molar-refractivity contribution is 5.93. The van der Waals surface area contributed by atoms with Gasteiger partial charge in [-0.1, -0.05) is 19.1 Å². The average molecular weight is 406 g/mol. The number of aromatic nitrogens is 3. The van der Waals surface area contributed by atoms with Gasteiger partial charge in [0.1, 0.15) is 5.69 Å². The Labute approximate surface area is 175 Å².